The molecule has 0 radical (unpaired) electrons. The number of hydrogen-bond donors (Lipinski definition) is 1. The number of carbonyl (C=O) groups is 1. The molecule has 19 heavy (non-hydrogen) atoms. The number of nitrogens with one attached hydrogen (secondary N) is 1. The van der Waals surface area contributed by atoms with E-state index in [1.54, 1.807) is 0 Å². The third-order valence-corrected chi connectivity index (χ3v) is 5.17. The van der Waals surface area contributed by atoms with E-state index in [0.717, 1.165) is 39.3 Å². The van der Waals surface area contributed by atoms with Gasteiger partial charge in [0, 0.05) is 26.2 Å². The Labute approximate surface area is 116 Å². The fourth-order valence-electron chi connectivity index (χ4n) is 3.92. The standard InChI is InChI=1S/C15H27N3O/c19-14(18-8-3-1-2-4-9-18)11-17-10-6-15(13-17)5-7-16-12-15/h16H,1-13H2. The predicted octanol–water partition coefficient (Wildman–Crippen LogP) is 1.07. The highest BCUT2D eigenvalue weighted by atomic mass is 16.2. The number of likely N-dealkylation sites (tertiary alicyclic amines) is 2. The van der Waals surface area contributed by atoms with Gasteiger partial charge >= 0.3 is 0 Å². The van der Waals surface area contributed by atoms with E-state index in [1.165, 1.54) is 38.5 Å². The minimum absolute atomic E-state index is 0.366. The van der Waals surface area contributed by atoms with Crippen LogP contribution in [0.15, 0.2) is 0 Å². The summed E-state index contributed by atoms with van der Waals surface area (Å²) in [7, 11) is 0. The Bertz CT molecular complexity index is 317. The van der Waals surface area contributed by atoms with Crippen molar-refractivity contribution in [1.29, 1.82) is 0 Å². The fraction of sp³-hybridized carbons (Fsp3) is 0.933. The Morgan fingerprint density at radius 2 is 1.84 bits per heavy atom. The molecule has 1 N–H and O–H groups in total. The zero-order valence-corrected chi connectivity index (χ0v) is 12.0. The highest BCUT2D eigenvalue weighted by Crippen LogP contribution is 2.35. The van der Waals surface area contributed by atoms with Crippen LogP contribution in [0.1, 0.15) is 38.5 Å². The lowest BCUT2D eigenvalue weighted by Gasteiger charge is -2.25. The Balaban J connectivity index is 1.49. The van der Waals surface area contributed by atoms with Gasteiger partial charge in [0.2, 0.25) is 5.91 Å². The van der Waals surface area contributed by atoms with Gasteiger partial charge in [0.15, 0.2) is 0 Å². The largest absolute Gasteiger partial charge is 0.342 e. The van der Waals surface area contributed by atoms with Crippen molar-refractivity contribution in [3.05, 3.63) is 0 Å². The van der Waals surface area contributed by atoms with Crippen LogP contribution < -0.4 is 5.32 Å². The topological polar surface area (TPSA) is 35.6 Å². The molecule has 108 valence electrons. The zero-order chi connectivity index (χ0) is 13.1. The molecule has 4 nitrogen and oxygen atoms in total. The lowest BCUT2D eigenvalue weighted by molar-refractivity contribution is -0.132. The van der Waals surface area contributed by atoms with Crippen LogP contribution in [0, 0.1) is 5.41 Å². The minimum Gasteiger partial charge on any atom is -0.342 e. The van der Waals surface area contributed by atoms with Crippen LogP contribution in [-0.2, 0) is 4.79 Å². The van der Waals surface area contributed by atoms with Gasteiger partial charge in [-0.05, 0) is 44.2 Å². The van der Waals surface area contributed by atoms with Gasteiger partial charge in [0.1, 0.15) is 0 Å². The van der Waals surface area contributed by atoms with Crippen LogP contribution in [0.5, 0.6) is 0 Å². The number of nitrogens with zero attached hydrogens (tertiary/aromatic N) is 2. The first-order valence-corrected chi connectivity index (χ1v) is 7.98. The van der Waals surface area contributed by atoms with Gasteiger partial charge in [-0.3, -0.25) is 9.69 Å². The fourth-order valence-corrected chi connectivity index (χ4v) is 3.92. The molecule has 0 bridgehead atoms. The highest BCUT2D eigenvalue weighted by Gasteiger charge is 2.40. The molecule has 1 spiro atoms. The van der Waals surface area contributed by atoms with Crippen LogP contribution in [0.25, 0.3) is 0 Å². The lowest BCUT2D eigenvalue weighted by Crippen LogP contribution is -2.41. The van der Waals surface area contributed by atoms with Crippen molar-refractivity contribution in [2.45, 2.75) is 38.5 Å². The van der Waals surface area contributed by atoms with Crippen molar-refractivity contribution in [1.82, 2.24) is 15.1 Å². The third-order valence-electron chi connectivity index (χ3n) is 5.17. The quantitative estimate of drug-likeness (QED) is 0.811. The van der Waals surface area contributed by atoms with Crippen LogP contribution in [0.4, 0.5) is 0 Å². The van der Waals surface area contributed by atoms with Crippen LogP contribution in [-0.4, -0.2) is 61.5 Å². The number of rotatable bonds is 2. The maximum Gasteiger partial charge on any atom is 0.236 e. The van der Waals surface area contributed by atoms with Crippen molar-refractivity contribution >= 4 is 5.91 Å². The smallest absolute Gasteiger partial charge is 0.236 e. The maximum atomic E-state index is 12.4. The van der Waals surface area contributed by atoms with E-state index in [2.05, 4.69) is 15.1 Å². The first-order chi connectivity index (χ1) is 9.27. The number of amides is 1. The Morgan fingerprint density at radius 3 is 2.53 bits per heavy atom. The molecule has 4 heteroatoms. The second-order valence-corrected chi connectivity index (χ2v) is 6.68. The molecular formula is C15H27N3O. The Kier molecular flexibility index (Phi) is 4.08. The van der Waals surface area contributed by atoms with Crippen molar-refractivity contribution in [2.75, 3.05) is 45.8 Å². The van der Waals surface area contributed by atoms with Gasteiger partial charge in [0.05, 0.1) is 6.54 Å². The van der Waals surface area contributed by atoms with E-state index >= 15 is 0 Å². The highest BCUT2D eigenvalue weighted by molar-refractivity contribution is 5.78. The molecule has 0 saturated carbocycles. The second-order valence-electron chi connectivity index (χ2n) is 6.68. The lowest BCUT2D eigenvalue weighted by atomic mass is 9.87. The van der Waals surface area contributed by atoms with Gasteiger partial charge < -0.3 is 10.2 Å². The molecule has 1 atom stereocenters. The van der Waals surface area contributed by atoms with E-state index in [1.807, 2.05) is 0 Å². The van der Waals surface area contributed by atoms with E-state index in [9.17, 15) is 4.79 Å². The molecule has 3 rings (SSSR count). The molecule has 3 fully saturated rings. The van der Waals surface area contributed by atoms with Crippen molar-refractivity contribution in [2.24, 2.45) is 5.41 Å². The summed E-state index contributed by atoms with van der Waals surface area (Å²) in [6, 6.07) is 0. The SMILES string of the molecule is O=C(CN1CCC2(CCNC2)C1)N1CCCCCC1. The summed E-state index contributed by atoms with van der Waals surface area (Å²) in [5.74, 6) is 0.366. The summed E-state index contributed by atoms with van der Waals surface area (Å²) in [5.41, 5.74) is 0.485. The monoisotopic (exact) mass is 265 g/mol. The molecule has 1 amide bonds. The first kappa shape index (κ1) is 13.4. The molecular weight excluding hydrogens is 238 g/mol. The molecule has 3 saturated heterocycles. The van der Waals surface area contributed by atoms with Crippen molar-refractivity contribution in [3.63, 3.8) is 0 Å². The molecule has 0 aliphatic carbocycles. The maximum absolute atomic E-state index is 12.4. The third kappa shape index (κ3) is 3.11. The van der Waals surface area contributed by atoms with E-state index in [4.69, 9.17) is 0 Å². The molecule has 3 heterocycles. The zero-order valence-electron chi connectivity index (χ0n) is 12.0. The molecule has 0 aromatic rings. The second kappa shape index (κ2) is 5.80. The minimum atomic E-state index is 0.366. The predicted molar refractivity (Wildman–Crippen MR) is 76.0 cm³/mol. The van der Waals surface area contributed by atoms with Crippen molar-refractivity contribution < 1.29 is 4.79 Å². The van der Waals surface area contributed by atoms with Gasteiger partial charge in [-0.25, -0.2) is 0 Å². The van der Waals surface area contributed by atoms with E-state index in [-0.39, 0.29) is 0 Å². The van der Waals surface area contributed by atoms with Gasteiger partial charge in [-0.15, -0.1) is 0 Å². The van der Waals surface area contributed by atoms with Gasteiger partial charge in [-0.2, -0.15) is 0 Å². The number of hydrogen-bond acceptors (Lipinski definition) is 3. The molecule has 0 aromatic carbocycles. The molecule has 0 aromatic heterocycles. The average Bonchev–Trinajstić information content (AvgIpc) is 2.92. The average molecular weight is 265 g/mol. The van der Waals surface area contributed by atoms with E-state index in [0.29, 0.717) is 17.9 Å². The van der Waals surface area contributed by atoms with Gasteiger partial charge in [0.25, 0.3) is 0 Å². The molecule has 3 aliphatic heterocycles. The van der Waals surface area contributed by atoms with Crippen molar-refractivity contribution in [3.8, 4) is 0 Å². The molecule has 1 unspecified atom stereocenters. The normalized spacial score (nSPS) is 32.9. The Hall–Kier alpha value is -0.610. The summed E-state index contributed by atoms with van der Waals surface area (Å²) in [6.07, 6.45) is 7.54. The summed E-state index contributed by atoms with van der Waals surface area (Å²) in [4.78, 5) is 16.9. The number of carbonyl (C=O) groups excluding carboxylic acids is 1. The van der Waals surface area contributed by atoms with Crippen LogP contribution in [0.2, 0.25) is 0 Å². The summed E-state index contributed by atoms with van der Waals surface area (Å²) in [6.45, 7) is 7.18. The van der Waals surface area contributed by atoms with Crippen LogP contribution in [0.3, 0.4) is 0 Å². The molecule has 3 aliphatic rings. The Morgan fingerprint density at radius 1 is 1.05 bits per heavy atom. The van der Waals surface area contributed by atoms with Gasteiger partial charge in [-0.1, -0.05) is 12.8 Å². The summed E-state index contributed by atoms with van der Waals surface area (Å²) >= 11 is 0. The summed E-state index contributed by atoms with van der Waals surface area (Å²) < 4.78 is 0. The first-order valence-electron chi connectivity index (χ1n) is 7.98. The summed E-state index contributed by atoms with van der Waals surface area (Å²) in [5, 5.41) is 3.48. The van der Waals surface area contributed by atoms with E-state index < -0.39 is 0 Å². The van der Waals surface area contributed by atoms with Crippen LogP contribution >= 0.6 is 0 Å².